The largest absolute Gasteiger partial charge is 0.385 e. The highest BCUT2D eigenvalue weighted by Gasteiger charge is 2.14. The quantitative estimate of drug-likeness (QED) is 0.752. The molecule has 0 spiro atoms. The Hall–Kier alpha value is -1.17. The van der Waals surface area contributed by atoms with Gasteiger partial charge < -0.3 is 20.3 Å². The van der Waals surface area contributed by atoms with E-state index in [0.29, 0.717) is 0 Å². The van der Waals surface area contributed by atoms with Crippen molar-refractivity contribution in [1.82, 2.24) is 10.6 Å². The van der Waals surface area contributed by atoms with Gasteiger partial charge in [-0.05, 0) is 43.6 Å². The molecule has 4 nitrogen and oxygen atoms in total. The van der Waals surface area contributed by atoms with Gasteiger partial charge in [-0.15, -0.1) is 0 Å². The molecule has 1 aromatic rings. The van der Waals surface area contributed by atoms with E-state index in [4.69, 9.17) is 4.74 Å². The summed E-state index contributed by atoms with van der Waals surface area (Å²) in [6, 6.07) is 5.42. The first-order valence-corrected chi connectivity index (χ1v) is 7.75. The van der Waals surface area contributed by atoms with Gasteiger partial charge in [0.25, 0.3) is 0 Å². The maximum Gasteiger partial charge on any atom is 0.146 e. The van der Waals surface area contributed by atoms with Crippen molar-refractivity contribution in [3.8, 4) is 0 Å². The zero-order valence-corrected chi connectivity index (χ0v) is 12.8. The SMILES string of the molecule is COCCCNCc1ccc(F)c(N2CCCNCC2)c1. The van der Waals surface area contributed by atoms with Crippen LogP contribution in [0.15, 0.2) is 18.2 Å². The standard InChI is InChI=1S/C16H26FN3O/c1-21-11-3-7-19-13-14-4-5-15(17)16(12-14)20-9-2-6-18-8-10-20/h4-5,12,18-19H,2-3,6-11,13H2,1H3. The number of hydrogen-bond acceptors (Lipinski definition) is 4. The zero-order valence-electron chi connectivity index (χ0n) is 12.8. The van der Waals surface area contributed by atoms with Crippen LogP contribution in [0.5, 0.6) is 0 Å². The fraction of sp³-hybridized carbons (Fsp3) is 0.625. The van der Waals surface area contributed by atoms with Crippen LogP contribution in [0, 0.1) is 5.82 Å². The van der Waals surface area contributed by atoms with Gasteiger partial charge in [-0.25, -0.2) is 4.39 Å². The molecule has 0 atom stereocenters. The molecule has 1 aliphatic heterocycles. The Morgan fingerprint density at radius 2 is 2.24 bits per heavy atom. The molecule has 0 aliphatic carbocycles. The summed E-state index contributed by atoms with van der Waals surface area (Å²) in [6.07, 6.45) is 2.04. The Balaban J connectivity index is 1.92. The summed E-state index contributed by atoms with van der Waals surface area (Å²) >= 11 is 0. The second kappa shape index (κ2) is 8.97. The molecular formula is C16H26FN3O. The van der Waals surface area contributed by atoms with Crippen LogP contribution in [0.3, 0.4) is 0 Å². The van der Waals surface area contributed by atoms with Gasteiger partial charge in [0, 0.05) is 39.9 Å². The lowest BCUT2D eigenvalue weighted by Gasteiger charge is -2.23. The highest BCUT2D eigenvalue weighted by Crippen LogP contribution is 2.21. The number of methoxy groups -OCH3 is 1. The number of anilines is 1. The van der Waals surface area contributed by atoms with E-state index in [1.54, 1.807) is 13.2 Å². The molecule has 0 unspecified atom stereocenters. The highest BCUT2D eigenvalue weighted by molar-refractivity contribution is 5.50. The average molecular weight is 295 g/mol. The first-order valence-electron chi connectivity index (χ1n) is 7.75. The molecule has 1 heterocycles. The van der Waals surface area contributed by atoms with Crippen molar-refractivity contribution in [2.24, 2.45) is 0 Å². The first kappa shape index (κ1) is 16.2. The predicted octanol–water partition coefficient (Wildman–Crippen LogP) is 1.75. The number of ether oxygens (including phenoxy) is 1. The van der Waals surface area contributed by atoms with Crippen molar-refractivity contribution in [3.05, 3.63) is 29.6 Å². The molecule has 0 saturated carbocycles. The minimum atomic E-state index is -0.125. The van der Waals surface area contributed by atoms with E-state index in [0.717, 1.165) is 70.0 Å². The van der Waals surface area contributed by atoms with Gasteiger partial charge in [0.15, 0.2) is 0 Å². The average Bonchev–Trinajstić information content (AvgIpc) is 2.78. The monoisotopic (exact) mass is 295 g/mol. The summed E-state index contributed by atoms with van der Waals surface area (Å²) in [5, 5.41) is 6.71. The van der Waals surface area contributed by atoms with Crippen molar-refractivity contribution in [2.45, 2.75) is 19.4 Å². The molecule has 0 aromatic heterocycles. The van der Waals surface area contributed by atoms with Crippen molar-refractivity contribution in [3.63, 3.8) is 0 Å². The van der Waals surface area contributed by atoms with Crippen LogP contribution in [0.25, 0.3) is 0 Å². The molecule has 1 saturated heterocycles. The van der Waals surface area contributed by atoms with Crippen LogP contribution < -0.4 is 15.5 Å². The van der Waals surface area contributed by atoms with E-state index in [2.05, 4.69) is 15.5 Å². The second-order valence-corrected chi connectivity index (χ2v) is 5.40. The van der Waals surface area contributed by atoms with Crippen LogP contribution in [0.4, 0.5) is 10.1 Å². The lowest BCUT2D eigenvalue weighted by molar-refractivity contribution is 0.194. The molecule has 2 rings (SSSR count). The van der Waals surface area contributed by atoms with Crippen molar-refractivity contribution in [2.75, 3.05) is 51.3 Å². The molecule has 1 fully saturated rings. The van der Waals surface area contributed by atoms with Crippen LogP contribution in [0.2, 0.25) is 0 Å². The molecule has 0 bridgehead atoms. The summed E-state index contributed by atoms with van der Waals surface area (Å²) in [5.41, 5.74) is 1.86. The van der Waals surface area contributed by atoms with Gasteiger partial charge in [0.2, 0.25) is 0 Å². The number of halogens is 1. The van der Waals surface area contributed by atoms with Gasteiger partial charge in [0.05, 0.1) is 5.69 Å². The minimum absolute atomic E-state index is 0.125. The third-order valence-electron chi connectivity index (χ3n) is 3.72. The lowest BCUT2D eigenvalue weighted by Crippen LogP contribution is -2.28. The van der Waals surface area contributed by atoms with Crippen LogP contribution >= 0.6 is 0 Å². The Morgan fingerprint density at radius 1 is 1.33 bits per heavy atom. The Kier molecular flexibility index (Phi) is 6.92. The van der Waals surface area contributed by atoms with E-state index in [9.17, 15) is 4.39 Å². The summed E-state index contributed by atoms with van der Waals surface area (Å²) < 4.78 is 19.1. The molecule has 118 valence electrons. The lowest BCUT2D eigenvalue weighted by atomic mass is 10.1. The normalized spacial score (nSPS) is 16.0. The molecule has 1 aliphatic rings. The van der Waals surface area contributed by atoms with E-state index in [1.807, 2.05) is 12.1 Å². The zero-order chi connectivity index (χ0) is 14.9. The Labute approximate surface area is 126 Å². The van der Waals surface area contributed by atoms with Crippen molar-refractivity contribution < 1.29 is 9.13 Å². The summed E-state index contributed by atoms with van der Waals surface area (Å²) in [7, 11) is 1.71. The molecule has 21 heavy (non-hydrogen) atoms. The first-order chi connectivity index (χ1) is 10.3. The number of nitrogens with zero attached hydrogens (tertiary/aromatic N) is 1. The van der Waals surface area contributed by atoms with Gasteiger partial charge >= 0.3 is 0 Å². The van der Waals surface area contributed by atoms with Crippen molar-refractivity contribution >= 4 is 5.69 Å². The maximum atomic E-state index is 14.1. The number of nitrogens with one attached hydrogen (secondary N) is 2. The third-order valence-corrected chi connectivity index (χ3v) is 3.72. The third kappa shape index (κ3) is 5.26. The number of rotatable bonds is 7. The highest BCUT2D eigenvalue weighted by atomic mass is 19.1. The fourth-order valence-corrected chi connectivity index (χ4v) is 2.57. The second-order valence-electron chi connectivity index (χ2n) is 5.40. The van der Waals surface area contributed by atoms with E-state index < -0.39 is 0 Å². The molecular weight excluding hydrogens is 269 g/mol. The van der Waals surface area contributed by atoms with Gasteiger partial charge in [-0.1, -0.05) is 6.07 Å². The van der Waals surface area contributed by atoms with Gasteiger partial charge in [0.1, 0.15) is 5.82 Å². The van der Waals surface area contributed by atoms with Gasteiger partial charge in [-0.2, -0.15) is 0 Å². The molecule has 0 radical (unpaired) electrons. The predicted molar refractivity (Wildman–Crippen MR) is 84.3 cm³/mol. The molecule has 5 heteroatoms. The topological polar surface area (TPSA) is 36.5 Å². The van der Waals surface area contributed by atoms with E-state index in [-0.39, 0.29) is 5.82 Å². The fourth-order valence-electron chi connectivity index (χ4n) is 2.57. The number of benzene rings is 1. The van der Waals surface area contributed by atoms with Crippen LogP contribution in [0.1, 0.15) is 18.4 Å². The minimum Gasteiger partial charge on any atom is -0.385 e. The van der Waals surface area contributed by atoms with E-state index in [1.165, 1.54) is 0 Å². The van der Waals surface area contributed by atoms with Crippen molar-refractivity contribution in [1.29, 1.82) is 0 Å². The molecule has 2 N–H and O–H groups in total. The van der Waals surface area contributed by atoms with E-state index >= 15 is 0 Å². The number of hydrogen-bond donors (Lipinski definition) is 2. The Bertz CT molecular complexity index is 420. The van der Waals surface area contributed by atoms with Gasteiger partial charge in [-0.3, -0.25) is 0 Å². The smallest absolute Gasteiger partial charge is 0.146 e. The van der Waals surface area contributed by atoms with Crippen LogP contribution in [-0.4, -0.2) is 46.4 Å². The summed E-state index contributed by atoms with van der Waals surface area (Å²) in [4.78, 5) is 2.14. The molecule has 1 aromatic carbocycles. The molecule has 0 amide bonds. The summed E-state index contributed by atoms with van der Waals surface area (Å²) in [6.45, 7) is 6.15. The summed E-state index contributed by atoms with van der Waals surface area (Å²) in [5.74, 6) is -0.125. The Morgan fingerprint density at radius 3 is 3.10 bits per heavy atom. The van der Waals surface area contributed by atoms with Crippen LogP contribution in [-0.2, 0) is 11.3 Å². The maximum absolute atomic E-state index is 14.1.